The second-order valence-electron chi connectivity index (χ2n) is 6.03. The topological polar surface area (TPSA) is 21.3 Å². The maximum absolute atomic E-state index is 5.70. The van der Waals surface area contributed by atoms with E-state index in [0.717, 1.165) is 24.2 Å². The van der Waals surface area contributed by atoms with Crippen LogP contribution in [0.3, 0.4) is 0 Å². The first-order valence-electron chi connectivity index (χ1n) is 7.85. The SMILES string of the molecule is CCOc1ccccc1NC1CCCC(C2CC2)C1. The summed E-state index contributed by atoms with van der Waals surface area (Å²) in [7, 11) is 0. The van der Waals surface area contributed by atoms with E-state index in [1.807, 2.05) is 13.0 Å². The van der Waals surface area contributed by atoms with Crippen molar-refractivity contribution in [2.75, 3.05) is 11.9 Å². The highest BCUT2D eigenvalue weighted by molar-refractivity contribution is 5.56. The first-order valence-corrected chi connectivity index (χ1v) is 7.85. The zero-order chi connectivity index (χ0) is 13.1. The van der Waals surface area contributed by atoms with Crippen molar-refractivity contribution in [2.45, 2.75) is 51.5 Å². The van der Waals surface area contributed by atoms with E-state index in [9.17, 15) is 0 Å². The Labute approximate surface area is 116 Å². The summed E-state index contributed by atoms with van der Waals surface area (Å²) in [6.45, 7) is 2.77. The van der Waals surface area contributed by atoms with Crippen molar-refractivity contribution < 1.29 is 4.74 Å². The molecule has 0 spiro atoms. The van der Waals surface area contributed by atoms with Gasteiger partial charge in [-0.05, 0) is 56.6 Å². The summed E-state index contributed by atoms with van der Waals surface area (Å²) < 4.78 is 5.70. The van der Waals surface area contributed by atoms with Crippen molar-refractivity contribution in [3.8, 4) is 5.75 Å². The third-order valence-corrected chi connectivity index (χ3v) is 4.55. The van der Waals surface area contributed by atoms with E-state index >= 15 is 0 Å². The van der Waals surface area contributed by atoms with Crippen LogP contribution in [-0.4, -0.2) is 12.6 Å². The van der Waals surface area contributed by atoms with Gasteiger partial charge in [0.05, 0.1) is 12.3 Å². The fraction of sp³-hybridized carbons (Fsp3) is 0.647. The zero-order valence-electron chi connectivity index (χ0n) is 11.9. The van der Waals surface area contributed by atoms with Gasteiger partial charge in [0.2, 0.25) is 0 Å². The largest absolute Gasteiger partial charge is 0.492 e. The highest BCUT2D eigenvalue weighted by atomic mass is 16.5. The molecule has 2 atom stereocenters. The average molecular weight is 259 g/mol. The van der Waals surface area contributed by atoms with Crippen molar-refractivity contribution in [3.63, 3.8) is 0 Å². The third kappa shape index (κ3) is 3.23. The van der Waals surface area contributed by atoms with E-state index in [1.165, 1.54) is 44.2 Å². The van der Waals surface area contributed by atoms with Crippen LogP contribution >= 0.6 is 0 Å². The van der Waals surface area contributed by atoms with Gasteiger partial charge in [0.25, 0.3) is 0 Å². The van der Waals surface area contributed by atoms with Crippen LogP contribution in [0.25, 0.3) is 0 Å². The van der Waals surface area contributed by atoms with Gasteiger partial charge in [-0.15, -0.1) is 0 Å². The van der Waals surface area contributed by atoms with E-state index in [1.54, 1.807) is 0 Å². The lowest BCUT2D eigenvalue weighted by molar-refractivity contribution is 0.301. The van der Waals surface area contributed by atoms with E-state index in [-0.39, 0.29) is 0 Å². The van der Waals surface area contributed by atoms with Gasteiger partial charge in [-0.3, -0.25) is 0 Å². The molecule has 2 fully saturated rings. The van der Waals surface area contributed by atoms with Gasteiger partial charge in [0.1, 0.15) is 5.75 Å². The second-order valence-corrected chi connectivity index (χ2v) is 6.03. The summed E-state index contributed by atoms with van der Waals surface area (Å²) in [5, 5.41) is 3.72. The molecule has 1 aromatic rings. The Hall–Kier alpha value is -1.18. The molecule has 0 saturated heterocycles. The Morgan fingerprint density at radius 2 is 1.95 bits per heavy atom. The molecule has 0 aromatic heterocycles. The quantitative estimate of drug-likeness (QED) is 0.842. The molecule has 0 radical (unpaired) electrons. The van der Waals surface area contributed by atoms with Gasteiger partial charge >= 0.3 is 0 Å². The number of hydrogen-bond donors (Lipinski definition) is 1. The first-order chi connectivity index (χ1) is 9.36. The van der Waals surface area contributed by atoms with E-state index in [2.05, 4.69) is 23.5 Å². The Morgan fingerprint density at radius 1 is 1.11 bits per heavy atom. The van der Waals surface area contributed by atoms with Crippen molar-refractivity contribution in [3.05, 3.63) is 24.3 Å². The van der Waals surface area contributed by atoms with Crippen LogP contribution in [0.1, 0.15) is 45.4 Å². The molecule has 2 aliphatic rings. The summed E-state index contributed by atoms with van der Waals surface area (Å²) >= 11 is 0. The average Bonchev–Trinajstić information content (AvgIpc) is 3.26. The van der Waals surface area contributed by atoms with Crippen LogP contribution in [-0.2, 0) is 0 Å². The first kappa shape index (κ1) is 12.8. The Balaban J connectivity index is 1.63. The zero-order valence-corrected chi connectivity index (χ0v) is 11.9. The second kappa shape index (κ2) is 5.85. The summed E-state index contributed by atoms with van der Waals surface area (Å²) in [6.07, 6.45) is 8.46. The summed E-state index contributed by atoms with van der Waals surface area (Å²) in [5.74, 6) is 3.02. The van der Waals surface area contributed by atoms with Gasteiger partial charge in [-0.1, -0.05) is 25.0 Å². The summed E-state index contributed by atoms with van der Waals surface area (Å²) in [5.41, 5.74) is 1.17. The van der Waals surface area contributed by atoms with Crippen LogP contribution in [0.5, 0.6) is 5.75 Å². The number of benzene rings is 1. The standard InChI is InChI=1S/C17H25NO/c1-2-19-17-9-4-3-8-16(17)18-15-7-5-6-14(12-15)13-10-11-13/h3-4,8-9,13-15,18H,2,5-7,10-12H2,1H3. The molecule has 0 heterocycles. The Bertz CT molecular complexity index is 413. The highest BCUT2D eigenvalue weighted by Crippen LogP contribution is 2.44. The van der Waals surface area contributed by atoms with E-state index < -0.39 is 0 Å². The van der Waals surface area contributed by atoms with Crippen LogP contribution in [0.4, 0.5) is 5.69 Å². The predicted octanol–water partition coefficient (Wildman–Crippen LogP) is 4.47. The molecule has 1 N–H and O–H groups in total. The van der Waals surface area contributed by atoms with Gasteiger partial charge in [0.15, 0.2) is 0 Å². The maximum Gasteiger partial charge on any atom is 0.142 e. The molecule has 3 rings (SSSR count). The maximum atomic E-state index is 5.70. The molecular weight excluding hydrogens is 234 g/mol. The molecule has 2 heteroatoms. The van der Waals surface area contributed by atoms with Crippen LogP contribution in [0.2, 0.25) is 0 Å². The summed E-state index contributed by atoms with van der Waals surface area (Å²) in [4.78, 5) is 0. The van der Waals surface area contributed by atoms with Gasteiger partial charge in [-0.25, -0.2) is 0 Å². The molecule has 1 aromatic carbocycles. The van der Waals surface area contributed by atoms with Gasteiger partial charge < -0.3 is 10.1 Å². The van der Waals surface area contributed by atoms with Crippen molar-refractivity contribution >= 4 is 5.69 Å². The Kier molecular flexibility index (Phi) is 3.95. The molecule has 2 unspecified atom stereocenters. The van der Waals surface area contributed by atoms with Crippen LogP contribution in [0.15, 0.2) is 24.3 Å². The fourth-order valence-electron chi connectivity index (χ4n) is 3.44. The molecule has 0 bridgehead atoms. The Morgan fingerprint density at radius 3 is 2.74 bits per heavy atom. The number of hydrogen-bond acceptors (Lipinski definition) is 2. The minimum atomic E-state index is 0.640. The number of para-hydroxylation sites is 2. The molecule has 104 valence electrons. The van der Waals surface area contributed by atoms with Crippen LogP contribution in [0, 0.1) is 11.8 Å². The monoisotopic (exact) mass is 259 g/mol. The van der Waals surface area contributed by atoms with Crippen molar-refractivity contribution in [1.29, 1.82) is 0 Å². The minimum Gasteiger partial charge on any atom is -0.492 e. The van der Waals surface area contributed by atoms with Crippen molar-refractivity contribution in [1.82, 2.24) is 0 Å². The molecule has 2 aliphatic carbocycles. The molecule has 2 nitrogen and oxygen atoms in total. The number of anilines is 1. The van der Waals surface area contributed by atoms with Crippen molar-refractivity contribution in [2.24, 2.45) is 11.8 Å². The van der Waals surface area contributed by atoms with Gasteiger partial charge in [-0.2, -0.15) is 0 Å². The third-order valence-electron chi connectivity index (χ3n) is 4.55. The lowest BCUT2D eigenvalue weighted by Gasteiger charge is -2.31. The number of nitrogens with one attached hydrogen (secondary N) is 1. The predicted molar refractivity (Wildman–Crippen MR) is 79.7 cm³/mol. The molecular formula is C17H25NO. The number of rotatable bonds is 5. The molecule has 0 amide bonds. The minimum absolute atomic E-state index is 0.640. The highest BCUT2D eigenvalue weighted by Gasteiger charge is 2.34. The van der Waals surface area contributed by atoms with E-state index in [4.69, 9.17) is 4.74 Å². The fourth-order valence-corrected chi connectivity index (χ4v) is 3.44. The van der Waals surface area contributed by atoms with E-state index in [0.29, 0.717) is 6.04 Å². The summed E-state index contributed by atoms with van der Waals surface area (Å²) in [6, 6.07) is 8.98. The van der Waals surface area contributed by atoms with Gasteiger partial charge in [0, 0.05) is 6.04 Å². The lowest BCUT2D eigenvalue weighted by atomic mass is 9.82. The number of ether oxygens (including phenoxy) is 1. The molecule has 0 aliphatic heterocycles. The molecule has 2 saturated carbocycles. The van der Waals surface area contributed by atoms with Crippen LogP contribution < -0.4 is 10.1 Å². The molecule has 19 heavy (non-hydrogen) atoms. The normalized spacial score (nSPS) is 27.0. The smallest absolute Gasteiger partial charge is 0.142 e. The lowest BCUT2D eigenvalue weighted by Crippen LogP contribution is -2.28.